The fourth-order valence-electron chi connectivity index (χ4n) is 4.40. The molecule has 0 spiro atoms. The van der Waals surface area contributed by atoms with Crippen LogP contribution < -0.4 is 10.6 Å². The molecule has 3 N–H and O–H groups in total. The van der Waals surface area contributed by atoms with E-state index in [0.717, 1.165) is 42.5 Å². The number of carbonyl (C=O) groups excluding carboxylic acids is 2. The van der Waals surface area contributed by atoms with Gasteiger partial charge in [-0.25, -0.2) is 14.4 Å². The van der Waals surface area contributed by atoms with Crippen molar-refractivity contribution in [2.45, 2.75) is 38.5 Å². The standard InChI is InChI=1S/C27H26FN5O2/c28-20-11-7-19(8-12-20)27(35)33-24-15-22-23(16-29-24)32-25(31-22)17-9-13-21(14-10-17)30-26(34)18-5-3-1-2-4-6-18/h7-16,18H,1-6H2,(H,30,34)(H,31,32)(H,29,33,35). The number of imidazole rings is 1. The van der Waals surface area contributed by atoms with Crippen LogP contribution in [0.4, 0.5) is 15.9 Å². The minimum Gasteiger partial charge on any atom is -0.337 e. The molecule has 0 atom stereocenters. The maximum Gasteiger partial charge on any atom is 0.256 e. The van der Waals surface area contributed by atoms with Gasteiger partial charge in [-0.2, -0.15) is 0 Å². The van der Waals surface area contributed by atoms with E-state index in [0.29, 0.717) is 22.7 Å². The topological polar surface area (TPSA) is 99.8 Å². The summed E-state index contributed by atoms with van der Waals surface area (Å²) in [4.78, 5) is 37.1. The van der Waals surface area contributed by atoms with Gasteiger partial charge in [-0.15, -0.1) is 0 Å². The number of nitrogens with zero attached hydrogens (tertiary/aromatic N) is 2. The second kappa shape index (κ2) is 10.0. The maximum atomic E-state index is 13.1. The number of carbonyl (C=O) groups is 2. The molecule has 1 saturated carbocycles. The molecule has 1 fully saturated rings. The summed E-state index contributed by atoms with van der Waals surface area (Å²) in [5.41, 5.74) is 3.35. The summed E-state index contributed by atoms with van der Waals surface area (Å²) in [6.07, 6.45) is 8.20. The molecule has 35 heavy (non-hydrogen) atoms. The molecule has 0 saturated heterocycles. The zero-order chi connectivity index (χ0) is 24.2. The Hall–Kier alpha value is -4.07. The predicted octanol–water partition coefficient (Wildman–Crippen LogP) is 5.93. The number of anilines is 2. The van der Waals surface area contributed by atoms with E-state index >= 15 is 0 Å². The van der Waals surface area contributed by atoms with E-state index in [1.807, 2.05) is 24.3 Å². The monoisotopic (exact) mass is 471 g/mol. The van der Waals surface area contributed by atoms with Crippen LogP contribution in [0.1, 0.15) is 48.9 Å². The minimum atomic E-state index is -0.403. The van der Waals surface area contributed by atoms with Gasteiger partial charge in [-0.1, -0.05) is 25.7 Å². The first-order valence-corrected chi connectivity index (χ1v) is 11.9. The van der Waals surface area contributed by atoms with Gasteiger partial charge >= 0.3 is 0 Å². The highest BCUT2D eigenvalue weighted by atomic mass is 19.1. The molecule has 0 radical (unpaired) electrons. The van der Waals surface area contributed by atoms with Crippen LogP contribution >= 0.6 is 0 Å². The van der Waals surface area contributed by atoms with Gasteiger partial charge in [0.05, 0.1) is 17.2 Å². The summed E-state index contributed by atoms with van der Waals surface area (Å²) >= 11 is 0. The highest BCUT2D eigenvalue weighted by molar-refractivity contribution is 6.04. The van der Waals surface area contributed by atoms with Gasteiger partial charge in [0.15, 0.2) is 0 Å². The van der Waals surface area contributed by atoms with Gasteiger partial charge in [0.1, 0.15) is 17.5 Å². The number of fused-ring (bicyclic) bond motifs is 1. The molecular weight excluding hydrogens is 445 g/mol. The van der Waals surface area contributed by atoms with Crippen LogP contribution in [0.25, 0.3) is 22.4 Å². The molecular formula is C27H26FN5O2. The van der Waals surface area contributed by atoms with E-state index in [4.69, 9.17) is 0 Å². The van der Waals surface area contributed by atoms with E-state index in [1.54, 1.807) is 12.3 Å². The Bertz CT molecular complexity index is 1340. The number of hydrogen-bond acceptors (Lipinski definition) is 4. The number of pyridine rings is 1. The third-order valence-electron chi connectivity index (χ3n) is 6.37. The Morgan fingerprint density at radius 1 is 0.914 bits per heavy atom. The second-order valence-corrected chi connectivity index (χ2v) is 8.89. The van der Waals surface area contributed by atoms with Crippen LogP contribution in [0.2, 0.25) is 0 Å². The maximum absolute atomic E-state index is 13.1. The number of hydrogen-bond donors (Lipinski definition) is 3. The number of aromatic amines is 1. The number of nitrogens with one attached hydrogen (secondary N) is 3. The molecule has 0 aliphatic heterocycles. The largest absolute Gasteiger partial charge is 0.337 e. The zero-order valence-electron chi connectivity index (χ0n) is 19.2. The van der Waals surface area contributed by atoms with Crippen LogP contribution in [0.5, 0.6) is 0 Å². The van der Waals surface area contributed by atoms with Crippen molar-refractivity contribution >= 4 is 34.4 Å². The first-order valence-electron chi connectivity index (χ1n) is 11.9. The van der Waals surface area contributed by atoms with Gasteiger partial charge in [0.25, 0.3) is 5.91 Å². The summed E-state index contributed by atoms with van der Waals surface area (Å²) in [5, 5.41) is 5.76. The highest BCUT2D eigenvalue weighted by Gasteiger charge is 2.20. The summed E-state index contributed by atoms with van der Waals surface area (Å²) in [7, 11) is 0. The third kappa shape index (κ3) is 5.37. The lowest BCUT2D eigenvalue weighted by Gasteiger charge is -2.14. The SMILES string of the molecule is O=C(Nc1cc2nc(-c3ccc(NC(=O)C4CCCCCC4)cc3)[nH]c2cn1)c1ccc(F)cc1. The first kappa shape index (κ1) is 22.7. The molecule has 1 aliphatic rings. The second-order valence-electron chi connectivity index (χ2n) is 8.89. The average Bonchev–Trinajstić information content (AvgIpc) is 3.09. The van der Waals surface area contributed by atoms with Crippen molar-refractivity contribution in [3.8, 4) is 11.4 Å². The Balaban J connectivity index is 1.27. The molecule has 1 aliphatic carbocycles. The van der Waals surface area contributed by atoms with Crippen LogP contribution in [0.15, 0.2) is 60.8 Å². The van der Waals surface area contributed by atoms with Crippen molar-refractivity contribution in [2.24, 2.45) is 5.92 Å². The number of H-pyrrole nitrogens is 1. The van der Waals surface area contributed by atoms with Crippen molar-refractivity contribution in [3.05, 3.63) is 72.2 Å². The third-order valence-corrected chi connectivity index (χ3v) is 6.37. The first-order chi connectivity index (χ1) is 17.0. The molecule has 2 aromatic carbocycles. The van der Waals surface area contributed by atoms with E-state index in [-0.39, 0.29) is 17.7 Å². The van der Waals surface area contributed by atoms with Crippen LogP contribution in [0, 0.1) is 11.7 Å². The average molecular weight is 472 g/mol. The van der Waals surface area contributed by atoms with Crippen molar-refractivity contribution in [2.75, 3.05) is 10.6 Å². The molecule has 0 bridgehead atoms. The summed E-state index contributed by atoms with van der Waals surface area (Å²) in [6, 6.07) is 14.6. The van der Waals surface area contributed by atoms with Gasteiger partial charge in [0.2, 0.25) is 5.91 Å². The van der Waals surface area contributed by atoms with E-state index in [2.05, 4.69) is 25.6 Å². The Kier molecular flexibility index (Phi) is 6.52. The summed E-state index contributed by atoms with van der Waals surface area (Å²) in [6.45, 7) is 0. The smallest absolute Gasteiger partial charge is 0.256 e. The number of aromatic nitrogens is 3. The normalized spacial score (nSPS) is 14.4. The lowest BCUT2D eigenvalue weighted by Crippen LogP contribution is -2.22. The Labute approximate surface area is 202 Å². The lowest BCUT2D eigenvalue weighted by molar-refractivity contribution is -0.120. The molecule has 8 heteroatoms. The van der Waals surface area contributed by atoms with Crippen LogP contribution in [0.3, 0.4) is 0 Å². The number of halogens is 1. The Morgan fingerprint density at radius 2 is 1.63 bits per heavy atom. The van der Waals surface area contributed by atoms with Crippen LogP contribution in [-0.2, 0) is 4.79 Å². The van der Waals surface area contributed by atoms with Crippen molar-refractivity contribution in [3.63, 3.8) is 0 Å². The van der Waals surface area contributed by atoms with Crippen molar-refractivity contribution in [1.82, 2.24) is 15.0 Å². The van der Waals surface area contributed by atoms with Gasteiger partial charge in [-0.05, 0) is 61.4 Å². The van der Waals surface area contributed by atoms with Gasteiger partial charge in [0, 0.05) is 28.8 Å². The quantitative estimate of drug-likeness (QED) is 0.314. The molecule has 0 unspecified atom stereocenters. The molecule has 4 aromatic rings. The number of amides is 2. The molecule has 2 heterocycles. The molecule has 5 rings (SSSR count). The predicted molar refractivity (Wildman–Crippen MR) is 133 cm³/mol. The summed E-state index contributed by atoms with van der Waals surface area (Å²) < 4.78 is 13.1. The molecule has 178 valence electrons. The fourth-order valence-corrected chi connectivity index (χ4v) is 4.40. The van der Waals surface area contributed by atoms with Gasteiger partial charge < -0.3 is 15.6 Å². The summed E-state index contributed by atoms with van der Waals surface area (Å²) in [5.74, 6) is 0.420. The van der Waals surface area contributed by atoms with Gasteiger partial charge in [-0.3, -0.25) is 9.59 Å². The zero-order valence-corrected chi connectivity index (χ0v) is 19.2. The van der Waals surface area contributed by atoms with Crippen molar-refractivity contribution < 1.29 is 14.0 Å². The molecule has 2 aromatic heterocycles. The Morgan fingerprint density at radius 3 is 2.34 bits per heavy atom. The lowest BCUT2D eigenvalue weighted by atomic mass is 9.99. The fraction of sp³-hybridized carbons (Fsp3) is 0.259. The van der Waals surface area contributed by atoms with Crippen molar-refractivity contribution in [1.29, 1.82) is 0 Å². The minimum absolute atomic E-state index is 0.0952. The van der Waals surface area contributed by atoms with Crippen LogP contribution in [-0.4, -0.2) is 26.8 Å². The van der Waals surface area contributed by atoms with E-state index in [1.165, 1.54) is 37.1 Å². The highest BCUT2D eigenvalue weighted by Crippen LogP contribution is 2.26. The van der Waals surface area contributed by atoms with E-state index in [9.17, 15) is 14.0 Å². The molecule has 7 nitrogen and oxygen atoms in total. The molecule has 2 amide bonds. The van der Waals surface area contributed by atoms with E-state index < -0.39 is 5.82 Å². The number of benzene rings is 2. The number of rotatable bonds is 5.